The minimum Gasteiger partial charge on any atom is -0.462 e. The molecule has 0 aliphatic heterocycles. The van der Waals surface area contributed by atoms with Crippen molar-refractivity contribution in [1.29, 1.82) is 0 Å². The van der Waals surface area contributed by atoms with Crippen molar-refractivity contribution < 1.29 is 9.53 Å². The zero-order valence-electron chi connectivity index (χ0n) is 10.1. The van der Waals surface area contributed by atoms with Crippen LogP contribution in [0, 0.1) is 6.92 Å². The minimum absolute atomic E-state index is 0.315. The van der Waals surface area contributed by atoms with Gasteiger partial charge < -0.3 is 10.5 Å². The second kappa shape index (κ2) is 4.82. The monoisotopic (exact) mass is 247 g/mol. The van der Waals surface area contributed by atoms with Gasteiger partial charge in [-0.2, -0.15) is 5.10 Å². The van der Waals surface area contributed by atoms with Crippen LogP contribution in [0.1, 0.15) is 23.0 Å². The molecule has 0 saturated carbocycles. The molecule has 7 heteroatoms. The molecule has 0 spiro atoms. The van der Waals surface area contributed by atoms with E-state index in [-0.39, 0.29) is 0 Å². The lowest BCUT2D eigenvalue weighted by Gasteiger charge is -2.05. The predicted octanol–water partition coefficient (Wildman–Crippen LogP) is 0.730. The Balaban J connectivity index is 2.33. The number of carbonyl (C=O) groups is 1. The summed E-state index contributed by atoms with van der Waals surface area (Å²) in [6.07, 6.45) is 4.52. The minimum atomic E-state index is -0.429. The zero-order valence-corrected chi connectivity index (χ0v) is 10.1. The Kier molecular flexibility index (Phi) is 3.22. The molecule has 2 rings (SSSR count). The third kappa shape index (κ3) is 2.29. The van der Waals surface area contributed by atoms with Gasteiger partial charge in [-0.05, 0) is 13.8 Å². The average Bonchev–Trinajstić information content (AvgIpc) is 2.76. The van der Waals surface area contributed by atoms with Gasteiger partial charge in [-0.3, -0.25) is 0 Å². The van der Waals surface area contributed by atoms with Gasteiger partial charge in [0.15, 0.2) is 0 Å². The second-order valence-electron chi connectivity index (χ2n) is 3.61. The highest BCUT2D eigenvalue weighted by molar-refractivity contribution is 5.90. The van der Waals surface area contributed by atoms with E-state index in [0.717, 1.165) is 0 Å². The van der Waals surface area contributed by atoms with Gasteiger partial charge in [0, 0.05) is 6.20 Å². The fourth-order valence-electron chi connectivity index (χ4n) is 1.42. The Morgan fingerprint density at radius 3 is 2.83 bits per heavy atom. The normalized spacial score (nSPS) is 10.3. The van der Waals surface area contributed by atoms with E-state index in [9.17, 15) is 4.79 Å². The number of nitrogens with two attached hydrogens (primary N) is 1. The molecule has 0 bridgehead atoms. The molecule has 18 heavy (non-hydrogen) atoms. The highest BCUT2D eigenvalue weighted by atomic mass is 16.5. The lowest BCUT2D eigenvalue weighted by Crippen LogP contribution is -2.11. The Bertz CT molecular complexity index is 579. The lowest BCUT2D eigenvalue weighted by molar-refractivity contribution is 0.0524. The molecule has 0 aliphatic carbocycles. The molecule has 0 saturated heterocycles. The van der Waals surface area contributed by atoms with Gasteiger partial charge in [0.25, 0.3) is 5.95 Å². The number of hydrogen-bond acceptors (Lipinski definition) is 6. The van der Waals surface area contributed by atoms with Crippen LogP contribution in [0.3, 0.4) is 0 Å². The van der Waals surface area contributed by atoms with E-state index < -0.39 is 5.97 Å². The number of anilines is 1. The van der Waals surface area contributed by atoms with Crippen molar-refractivity contribution in [2.24, 2.45) is 0 Å². The number of nitrogen functional groups attached to an aromatic ring is 1. The summed E-state index contributed by atoms with van der Waals surface area (Å²) in [5.41, 5.74) is 6.96. The molecule has 7 nitrogen and oxygen atoms in total. The molecule has 0 radical (unpaired) electrons. The topological polar surface area (TPSA) is 95.9 Å². The summed E-state index contributed by atoms with van der Waals surface area (Å²) in [4.78, 5) is 19.8. The van der Waals surface area contributed by atoms with Crippen molar-refractivity contribution in [3.63, 3.8) is 0 Å². The first-order valence-electron chi connectivity index (χ1n) is 5.43. The van der Waals surface area contributed by atoms with Gasteiger partial charge in [-0.25, -0.2) is 19.4 Å². The van der Waals surface area contributed by atoms with E-state index in [2.05, 4.69) is 15.1 Å². The predicted molar refractivity (Wildman–Crippen MR) is 64.3 cm³/mol. The summed E-state index contributed by atoms with van der Waals surface area (Å²) < 4.78 is 6.34. The number of nitrogens with zero attached hydrogens (tertiary/aromatic N) is 4. The van der Waals surface area contributed by atoms with E-state index in [0.29, 0.717) is 29.5 Å². The highest BCUT2D eigenvalue weighted by Crippen LogP contribution is 2.09. The van der Waals surface area contributed by atoms with Crippen LogP contribution in [-0.4, -0.2) is 32.3 Å². The van der Waals surface area contributed by atoms with E-state index in [4.69, 9.17) is 10.5 Å². The van der Waals surface area contributed by atoms with Crippen LogP contribution in [0.25, 0.3) is 5.95 Å². The maximum Gasteiger partial charge on any atom is 0.341 e. The summed E-state index contributed by atoms with van der Waals surface area (Å²) in [6, 6.07) is 0. The Labute approximate surface area is 104 Å². The molecule has 2 heterocycles. The molecule has 0 unspecified atom stereocenters. The molecular formula is C11H13N5O2. The maximum atomic E-state index is 11.6. The molecule has 0 amide bonds. The van der Waals surface area contributed by atoms with Crippen LogP contribution >= 0.6 is 0 Å². The van der Waals surface area contributed by atoms with Gasteiger partial charge in [-0.1, -0.05) is 0 Å². The molecule has 2 aromatic heterocycles. The first-order chi connectivity index (χ1) is 8.61. The molecule has 2 aromatic rings. The Morgan fingerprint density at radius 1 is 1.50 bits per heavy atom. The smallest absolute Gasteiger partial charge is 0.341 e. The second-order valence-corrected chi connectivity index (χ2v) is 3.61. The van der Waals surface area contributed by atoms with Crippen LogP contribution < -0.4 is 5.73 Å². The Hall–Kier alpha value is -2.44. The van der Waals surface area contributed by atoms with Gasteiger partial charge >= 0.3 is 5.97 Å². The van der Waals surface area contributed by atoms with Crippen LogP contribution in [0.5, 0.6) is 0 Å². The summed E-state index contributed by atoms with van der Waals surface area (Å²) >= 11 is 0. The van der Waals surface area contributed by atoms with Crippen molar-refractivity contribution in [3.8, 4) is 5.95 Å². The fraction of sp³-hybridized carbons (Fsp3) is 0.273. The largest absolute Gasteiger partial charge is 0.462 e. The molecule has 0 aliphatic rings. The number of esters is 1. The third-order valence-corrected chi connectivity index (χ3v) is 2.27. The van der Waals surface area contributed by atoms with Crippen LogP contribution in [0.4, 0.5) is 5.69 Å². The van der Waals surface area contributed by atoms with Crippen molar-refractivity contribution in [2.45, 2.75) is 13.8 Å². The van der Waals surface area contributed by atoms with Gasteiger partial charge in [-0.15, -0.1) is 0 Å². The van der Waals surface area contributed by atoms with Crippen molar-refractivity contribution >= 4 is 11.7 Å². The van der Waals surface area contributed by atoms with E-state index in [1.165, 1.54) is 17.1 Å². The summed E-state index contributed by atoms with van der Waals surface area (Å²) in [5.74, 6) is -0.0706. The van der Waals surface area contributed by atoms with Crippen LogP contribution in [-0.2, 0) is 4.74 Å². The van der Waals surface area contributed by atoms with E-state index >= 15 is 0 Å². The number of aryl methyl sites for hydroxylation is 1. The average molecular weight is 247 g/mol. The summed E-state index contributed by atoms with van der Waals surface area (Å²) in [7, 11) is 0. The van der Waals surface area contributed by atoms with Crippen molar-refractivity contribution in [2.75, 3.05) is 12.3 Å². The summed E-state index contributed by atoms with van der Waals surface area (Å²) in [6.45, 7) is 3.77. The zero-order chi connectivity index (χ0) is 13.1. The van der Waals surface area contributed by atoms with E-state index in [1.807, 2.05) is 0 Å². The number of rotatable bonds is 3. The quantitative estimate of drug-likeness (QED) is 0.803. The Morgan fingerprint density at radius 2 is 2.28 bits per heavy atom. The molecule has 0 atom stereocenters. The fourth-order valence-corrected chi connectivity index (χ4v) is 1.42. The highest BCUT2D eigenvalue weighted by Gasteiger charge is 2.13. The number of carbonyl (C=O) groups excluding carboxylic acids is 1. The molecule has 0 aromatic carbocycles. The third-order valence-electron chi connectivity index (χ3n) is 2.27. The van der Waals surface area contributed by atoms with E-state index in [1.54, 1.807) is 20.0 Å². The van der Waals surface area contributed by atoms with Gasteiger partial charge in [0.05, 0.1) is 35.9 Å². The molecular weight excluding hydrogens is 234 g/mol. The number of hydrogen-bond donors (Lipinski definition) is 1. The van der Waals surface area contributed by atoms with Crippen molar-refractivity contribution in [1.82, 2.24) is 19.7 Å². The van der Waals surface area contributed by atoms with Crippen molar-refractivity contribution in [3.05, 3.63) is 29.8 Å². The summed E-state index contributed by atoms with van der Waals surface area (Å²) in [5, 5.41) is 3.99. The SMILES string of the molecule is CCOC(=O)c1cnc(-n2cc(N)cn2)nc1C. The maximum absolute atomic E-state index is 11.6. The van der Waals surface area contributed by atoms with Crippen LogP contribution in [0.15, 0.2) is 18.6 Å². The standard InChI is InChI=1S/C11H13N5O2/c1-3-18-10(17)9-5-13-11(15-7(9)2)16-6-8(12)4-14-16/h4-6H,3,12H2,1-2H3. The number of aromatic nitrogens is 4. The number of ether oxygens (including phenoxy) is 1. The lowest BCUT2D eigenvalue weighted by atomic mass is 10.2. The van der Waals surface area contributed by atoms with Gasteiger partial charge in [0.2, 0.25) is 0 Å². The first-order valence-corrected chi connectivity index (χ1v) is 5.43. The molecule has 94 valence electrons. The van der Waals surface area contributed by atoms with Gasteiger partial charge in [0.1, 0.15) is 0 Å². The molecule has 0 fully saturated rings. The molecule has 2 N–H and O–H groups in total. The first kappa shape index (κ1) is 12.0. The van der Waals surface area contributed by atoms with Crippen LogP contribution in [0.2, 0.25) is 0 Å².